The van der Waals surface area contributed by atoms with Crippen LogP contribution in [0.5, 0.6) is 0 Å². The Balaban J connectivity index is 1.34. The van der Waals surface area contributed by atoms with Crippen LogP contribution < -0.4 is 0 Å². The van der Waals surface area contributed by atoms with E-state index in [9.17, 15) is 0 Å². The molecule has 33 heavy (non-hydrogen) atoms. The lowest BCUT2D eigenvalue weighted by atomic mass is 9.77. The molecule has 0 bridgehead atoms. The van der Waals surface area contributed by atoms with E-state index in [1.807, 2.05) is 12.1 Å². The normalized spacial score (nSPS) is 26.0. The van der Waals surface area contributed by atoms with Crippen molar-refractivity contribution in [3.63, 3.8) is 0 Å². The molecule has 1 nitrogen and oxygen atoms in total. The Morgan fingerprint density at radius 1 is 0.758 bits per heavy atom. The zero-order valence-electron chi connectivity index (χ0n) is 21.2. The highest BCUT2D eigenvalue weighted by Gasteiger charge is 2.25. The van der Waals surface area contributed by atoms with Gasteiger partial charge in [0.1, 0.15) is 5.82 Å². The minimum atomic E-state index is -0.0671. The Bertz CT molecular complexity index is 855. The molecule has 0 atom stereocenters. The van der Waals surface area contributed by atoms with E-state index in [1.54, 1.807) is 0 Å². The number of rotatable bonds is 8. The summed E-state index contributed by atoms with van der Waals surface area (Å²) in [5.41, 5.74) is 4.38. The molecule has 2 aliphatic carbocycles. The van der Waals surface area contributed by atoms with Crippen LogP contribution in [0.15, 0.2) is 42.5 Å². The maximum atomic E-state index is 15.1. The summed E-state index contributed by atoms with van der Waals surface area (Å²) in [6.07, 6.45) is 15.7. The van der Waals surface area contributed by atoms with E-state index >= 15 is 4.39 Å². The standard InChI is InChI=1S/C31H44FN/c1-4-5-6-7-23-8-10-24(11-9-23)25-12-14-27(15-13-25)30-21-18-28(22-31(30)32)26-16-19-29(20-17-26)33(2)3/h12-15,18,21-24,26,29H,4-11,16-17,19-20H2,1-3H3. The summed E-state index contributed by atoms with van der Waals surface area (Å²) in [6.45, 7) is 2.29. The van der Waals surface area contributed by atoms with Gasteiger partial charge >= 0.3 is 0 Å². The molecule has 0 N–H and O–H groups in total. The van der Waals surface area contributed by atoms with Gasteiger partial charge < -0.3 is 4.90 Å². The number of unbranched alkanes of at least 4 members (excludes halogenated alkanes) is 2. The summed E-state index contributed by atoms with van der Waals surface area (Å²) >= 11 is 0. The Hall–Kier alpha value is -1.67. The molecule has 0 unspecified atom stereocenters. The molecule has 2 fully saturated rings. The fourth-order valence-corrected chi connectivity index (χ4v) is 6.35. The summed E-state index contributed by atoms with van der Waals surface area (Å²) in [5.74, 6) is 2.07. The monoisotopic (exact) mass is 449 g/mol. The summed E-state index contributed by atoms with van der Waals surface area (Å²) < 4.78 is 15.1. The Morgan fingerprint density at radius 2 is 1.36 bits per heavy atom. The molecule has 0 heterocycles. The predicted octanol–water partition coefficient (Wildman–Crippen LogP) is 8.93. The maximum absolute atomic E-state index is 15.1. The molecular formula is C31H44FN. The minimum absolute atomic E-state index is 0.0671. The van der Waals surface area contributed by atoms with Crippen LogP contribution in [0.25, 0.3) is 11.1 Å². The lowest BCUT2D eigenvalue weighted by Gasteiger charge is -2.33. The Kier molecular flexibility index (Phi) is 8.63. The predicted molar refractivity (Wildman–Crippen MR) is 139 cm³/mol. The van der Waals surface area contributed by atoms with Crippen LogP contribution in [0.2, 0.25) is 0 Å². The van der Waals surface area contributed by atoms with Gasteiger partial charge in [0.25, 0.3) is 0 Å². The van der Waals surface area contributed by atoms with Crippen LogP contribution >= 0.6 is 0 Å². The van der Waals surface area contributed by atoms with Crippen molar-refractivity contribution in [2.75, 3.05) is 14.1 Å². The molecule has 2 aliphatic rings. The van der Waals surface area contributed by atoms with Gasteiger partial charge in [-0.3, -0.25) is 0 Å². The second kappa shape index (κ2) is 11.6. The van der Waals surface area contributed by atoms with E-state index < -0.39 is 0 Å². The van der Waals surface area contributed by atoms with Crippen molar-refractivity contribution in [2.45, 2.75) is 102 Å². The average Bonchev–Trinajstić information content (AvgIpc) is 2.85. The van der Waals surface area contributed by atoms with Crippen LogP contribution in [0, 0.1) is 11.7 Å². The van der Waals surface area contributed by atoms with E-state index in [1.165, 1.54) is 75.3 Å². The lowest BCUT2D eigenvalue weighted by Crippen LogP contribution is -2.31. The molecule has 0 aromatic heterocycles. The zero-order valence-corrected chi connectivity index (χ0v) is 21.2. The zero-order chi connectivity index (χ0) is 23.2. The molecule has 0 saturated heterocycles. The molecule has 2 saturated carbocycles. The average molecular weight is 450 g/mol. The first-order valence-corrected chi connectivity index (χ1v) is 13.6. The maximum Gasteiger partial charge on any atom is 0.131 e. The van der Waals surface area contributed by atoms with E-state index in [-0.39, 0.29) is 5.82 Å². The number of benzene rings is 2. The van der Waals surface area contributed by atoms with Crippen molar-refractivity contribution in [1.29, 1.82) is 0 Å². The van der Waals surface area contributed by atoms with Crippen LogP contribution in [-0.4, -0.2) is 25.0 Å². The van der Waals surface area contributed by atoms with E-state index in [4.69, 9.17) is 0 Å². The fraction of sp³-hybridized carbons (Fsp3) is 0.613. The van der Waals surface area contributed by atoms with Gasteiger partial charge in [0.2, 0.25) is 0 Å². The van der Waals surface area contributed by atoms with Gasteiger partial charge in [0.05, 0.1) is 0 Å². The quantitative estimate of drug-likeness (QED) is 0.364. The van der Waals surface area contributed by atoms with Crippen LogP contribution in [0.3, 0.4) is 0 Å². The van der Waals surface area contributed by atoms with Crippen LogP contribution in [-0.2, 0) is 0 Å². The molecule has 0 amide bonds. The molecule has 0 radical (unpaired) electrons. The van der Waals surface area contributed by atoms with Gasteiger partial charge in [0, 0.05) is 11.6 Å². The molecule has 2 heteroatoms. The molecule has 0 spiro atoms. The molecule has 180 valence electrons. The van der Waals surface area contributed by atoms with E-state index in [0.29, 0.717) is 17.9 Å². The molecule has 0 aliphatic heterocycles. The summed E-state index contributed by atoms with van der Waals surface area (Å²) in [6, 6.07) is 15.5. The third-order valence-electron chi connectivity index (χ3n) is 8.65. The number of hydrogen-bond donors (Lipinski definition) is 0. The lowest BCUT2D eigenvalue weighted by molar-refractivity contribution is 0.216. The number of halogens is 1. The van der Waals surface area contributed by atoms with Gasteiger partial charge in [-0.25, -0.2) is 4.39 Å². The number of hydrogen-bond acceptors (Lipinski definition) is 1. The largest absolute Gasteiger partial charge is 0.306 e. The number of nitrogens with zero attached hydrogens (tertiary/aromatic N) is 1. The van der Waals surface area contributed by atoms with Crippen molar-refractivity contribution in [3.8, 4) is 11.1 Å². The summed E-state index contributed by atoms with van der Waals surface area (Å²) in [5, 5.41) is 0. The SMILES string of the molecule is CCCCCC1CCC(c2ccc(-c3ccc(C4CCC(N(C)C)CC4)cc3F)cc2)CC1. The first-order valence-electron chi connectivity index (χ1n) is 13.6. The second-order valence-electron chi connectivity index (χ2n) is 11.0. The highest BCUT2D eigenvalue weighted by Crippen LogP contribution is 2.39. The van der Waals surface area contributed by atoms with Crippen LogP contribution in [0.4, 0.5) is 4.39 Å². The van der Waals surface area contributed by atoms with Gasteiger partial charge in [-0.2, -0.15) is 0 Å². The molecular weight excluding hydrogens is 405 g/mol. The first kappa shape index (κ1) is 24.5. The Labute approximate surface area is 201 Å². The van der Waals surface area contributed by atoms with E-state index in [0.717, 1.165) is 29.9 Å². The molecule has 4 rings (SSSR count). The topological polar surface area (TPSA) is 3.24 Å². The van der Waals surface area contributed by atoms with Gasteiger partial charge in [-0.1, -0.05) is 69.0 Å². The fourth-order valence-electron chi connectivity index (χ4n) is 6.35. The molecule has 2 aromatic rings. The van der Waals surface area contributed by atoms with Crippen molar-refractivity contribution in [2.24, 2.45) is 5.92 Å². The van der Waals surface area contributed by atoms with Gasteiger partial charge in [-0.05, 0) is 106 Å². The van der Waals surface area contributed by atoms with Gasteiger partial charge in [0.15, 0.2) is 0 Å². The van der Waals surface area contributed by atoms with Crippen molar-refractivity contribution >= 4 is 0 Å². The highest BCUT2D eigenvalue weighted by atomic mass is 19.1. The first-order chi connectivity index (χ1) is 16.0. The Morgan fingerprint density at radius 3 is 1.97 bits per heavy atom. The summed E-state index contributed by atoms with van der Waals surface area (Å²) in [7, 11) is 4.34. The van der Waals surface area contributed by atoms with Crippen molar-refractivity contribution in [3.05, 3.63) is 59.4 Å². The minimum Gasteiger partial charge on any atom is -0.306 e. The molecule has 2 aromatic carbocycles. The third-order valence-corrected chi connectivity index (χ3v) is 8.65. The third kappa shape index (κ3) is 6.27. The second-order valence-corrected chi connectivity index (χ2v) is 11.0. The van der Waals surface area contributed by atoms with Gasteiger partial charge in [-0.15, -0.1) is 0 Å². The van der Waals surface area contributed by atoms with Crippen molar-refractivity contribution in [1.82, 2.24) is 4.90 Å². The highest BCUT2D eigenvalue weighted by molar-refractivity contribution is 5.65. The smallest absolute Gasteiger partial charge is 0.131 e. The summed E-state index contributed by atoms with van der Waals surface area (Å²) in [4.78, 5) is 2.34. The van der Waals surface area contributed by atoms with E-state index in [2.05, 4.69) is 56.3 Å². The van der Waals surface area contributed by atoms with Crippen molar-refractivity contribution < 1.29 is 4.39 Å². The van der Waals surface area contributed by atoms with Crippen LogP contribution in [0.1, 0.15) is 107 Å².